The van der Waals surface area contributed by atoms with Gasteiger partial charge < -0.3 is 4.90 Å². The molecule has 1 aliphatic carbocycles. The number of aromatic nitrogens is 2. The number of nitrogens with one attached hydrogen (secondary N) is 1. The number of amides is 3. The third-order valence-corrected chi connectivity index (χ3v) is 7.22. The highest BCUT2D eigenvalue weighted by molar-refractivity contribution is 6.07. The van der Waals surface area contributed by atoms with Crippen molar-refractivity contribution >= 4 is 23.1 Å². The van der Waals surface area contributed by atoms with Crippen LogP contribution in [0.4, 0.5) is 19.3 Å². The van der Waals surface area contributed by atoms with E-state index in [0.29, 0.717) is 24.2 Å². The molecular weight excluding hydrogens is 416 g/mol. The molecule has 0 spiro atoms. The summed E-state index contributed by atoms with van der Waals surface area (Å²) in [6.07, 6.45) is 6.98. The number of fused-ring (bicyclic) bond motifs is 1. The van der Waals surface area contributed by atoms with Crippen LogP contribution in [0.1, 0.15) is 44.6 Å². The van der Waals surface area contributed by atoms with E-state index in [1.807, 2.05) is 6.20 Å². The molecule has 3 fully saturated rings. The van der Waals surface area contributed by atoms with Gasteiger partial charge in [0.05, 0.1) is 17.4 Å². The van der Waals surface area contributed by atoms with Gasteiger partial charge >= 0.3 is 6.03 Å². The molecule has 172 valence electrons. The van der Waals surface area contributed by atoms with Gasteiger partial charge in [-0.2, -0.15) is 5.10 Å². The number of hydrogen-bond donors (Lipinski definition) is 1. The molecule has 2 aromatic heterocycles. The number of piperidine rings is 1. The Balaban J connectivity index is 1.23. The lowest BCUT2D eigenvalue weighted by Crippen LogP contribution is -2.49. The Kier molecular flexibility index (Phi) is 5.39. The molecule has 7 nitrogen and oxygen atoms in total. The molecule has 2 aromatic rings. The Bertz CT molecular complexity index is 1030. The lowest BCUT2D eigenvalue weighted by Gasteiger charge is -2.43. The number of anilines is 1. The predicted molar refractivity (Wildman–Crippen MR) is 116 cm³/mol. The Morgan fingerprint density at radius 3 is 2.75 bits per heavy atom. The van der Waals surface area contributed by atoms with E-state index in [-0.39, 0.29) is 31.1 Å². The number of halogens is 2. The maximum atomic E-state index is 13.2. The highest BCUT2D eigenvalue weighted by Crippen LogP contribution is 2.43. The van der Waals surface area contributed by atoms with Gasteiger partial charge in [0, 0.05) is 44.6 Å². The fraction of sp³-hybridized carbons (Fsp3) is 0.609. The smallest absolute Gasteiger partial charge is 0.300 e. The Hall–Kier alpha value is -2.55. The fourth-order valence-corrected chi connectivity index (χ4v) is 5.49. The average molecular weight is 446 g/mol. The summed E-state index contributed by atoms with van der Waals surface area (Å²) < 4.78 is 28.1. The molecule has 4 heterocycles. The molecule has 0 radical (unpaired) electrons. The first kappa shape index (κ1) is 21.3. The lowest BCUT2D eigenvalue weighted by atomic mass is 9.79. The largest absolute Gasteiger partial charge is 0.328 e. The van der Waals surface area contributed by atoms with Gasteiger partial charge in [-0.05, 0) is 62.3 Å². The standard InChI is InChI=1S/C23H29F2N5O2/c1-15-8-16(2-5-28(15)14-18-11-23(24,25)12-18)9-17-3-7-30-19(10-17)20(13-26-30)29-6-4-21(31)27-22(29)32/h3,7,10,13,15-16,18H,2,4-6,8-9,11-12,14H2,1H3,(H,27,31,32)/t15-,16+/m0/s1. The molecule has 3 aliphatic rings. The maximum absolute atomic E-state index is 13.2. The summed E-state index contributed by atoms with van der Waals surface area (Å²) in [5, 5.41) is 6.72. The zero-order chi connectivity index (χ0) is 22.5. The first-order valence-electron chi connectivity index (χ1n) is 11.5. The molecule has 1 saturated carbocycles. The van der Waals surface area contributed by atoms with E-state index < -0.39 is 12.0 Å². The molecule has 2 saturated heterocycles. The van der Waals surface area contributed by atoms with Gasteiger partial charge in [0.15, 0.2) is 0 Å². The van der Waals surface area contributed by atoms with Crippen LogP contribution in [0.15, 0.2) is 24.5 Å². The van der Waals surface area contributed by atoms with Crippen molar-refractivity contribution in [3.05, 3.63) is 30.1 Å². The first-order chi connectivity index (χ1) is 15.3. The molecule has 0 bridgehead atoms. The quantitative estimate of drug-likeness (QED) is 0.765. The van der Waals surface area contributed by atoms with Crippen molar-refractivity contribution in [1.29, 1.82) is 0 Å². The van der Waals surface area contributed by atoms with Crippen molar-refractivity contribution in [2.45, 2.75) is 57.4 Å². The molecule has 1 N–H and O–H groups in total. The predicted octanol–water partition coefficient (Wildman–Crippen LogP) is 3.47. The van der Waals surface area contributed by atoms with Crippen LogP contribution < -0.4 is 10.2 Å². The normalized spacial score (nSPS) is 26.9. The molecule has 32 heavy (non-hydrogen) atoms. The van der Waals surface area contributed by atoms with E-state index in [1.54, 1.807) is 15.6 Å². The van der Waals surface area contributed by atoms with Gasteiger partial charge in [-0.3, -0.25) is 15.0 Å². The van der Waals surface area contributed by atoms with Gasteiger partial charge in [-0.1, -0.05) is 0 Å². The van der Waals surface area contributed by atoms with Crippen LogP contribution in [0.25, 0.3) is 5.52 Å². The van der Waals surface area contributed by atoms with Gasteiger partial charge in [0.1, 0.15) is 0 Å². The SMILES string of the molecule is C[C@H]1C[C@H](Cc2ccn3ncc(N4CCC(=O)NC4=O)c3c2)CCN1CC1CC(F)(F)C1. The zero-order valence-corrected chi connectivity index (χ0v) is 18.3. The summed E-state index contributed by atoms with van der Waals surface area (Å²) in [7, 11) is 0. The highest BCUT2D eigenvalue weighted by Gasteiger charge is 2.46. The number of imide groups is 1. The van der Waals surface area contributed by atoms with Crippen LogP contribution >= 0.6 is 0 Å². The van der Waals surface area contributed by atoms with Gasteiger partial charge in [-0.25, -0.2) is 18.1 Å². The van der Waals surface area contributed by atoms with E-state index in [4.69, 9.17) is 0 Å². The number of carbonyl (C=O) groups excluding carboxylic acids is 2. The van der Waals surface area contributed by atoms with Crippen LogP contribution in [0.2, 0.25) is 0 Å². The molecule has 0 unspecified atom stereocenters. The fourth-order valence-electron chi connectivity index (χ4n) is 5.49. The van der Waals surface area contributed by atoms with E-state index in [1.165, 1.54) is 5.56 Å². The van der Waals surface area contributed by atoms with Gasteiger partial charge in [0.2, 0.25) is 11.8 Å². The summed E-state index contributed by atoms with van der Waals surface area (Å²) >= 11 is 0. The molecule has 2 atom stereocenters. The number of carbonyl (C=O) groups is 2. The summed E-state index contributed by atoms with van der Waals surface area (Å²) in [6, 6.07) is 4.13. The van der Waals surface area contributed by atoms with Crippen LogP contribution in [-0.2, 0) is 11.2 Å². The van der Waals surface area contributed by atoms with Crippen molar-refractivity contribution in [2.75, 3.05) is 24.5 Å². The third-order valence-electron chi connectivity index (χ3n) is 7.22. The molecule has 9 heteroatoms. The van der Waals surface area contributed by atoms with E-state index >= 15 is 0 Å². The van der Waals surface area contributed by atoms with Gasteiger partial charge in [0.25, 0.3) is 0 Å². The first-order valence-corrected chi connectivity index (χ1v) is 11.5. The second-order valence-corrected chi connectivity index (χ2v) is 9.72. The zero-order valence-electron chi connectivity index (χ0n) is 18.3. The number of alkyl halides is 2. The van der Waals surface area contributed by atoms with Crippen molar-refractivity contribution in [2.24, 2.45) is 11.8 Å². The van der Waals surface area contributed by atoms with Crippen LogP contribution in [-0.4, -0.2) is 58.1 Å². The second-order valence-electron chi connectivity index (χ2n) is 9.72. The van der Waals surface area contributed by atoms with Crippen molar-refractivity contribution in [3.63, 3.8) is 0 Å². The summed E-state index contributed by atoms with van der Waals surface area (Å²) in [6.45, 7) is 4.29. The van der Waals surface area contributed by atoms with Crippen molar-refractivity contribution < 1.29 is 18.4 Å². The minimum Gasteiger partial charge on any atom is -0.300 e. The maximum Gasteiger partial charge on any atom is 0.328 e. The van der Waals surface area contributed by atoms with E-state index in [9.17, 15) is 18.4 Å². The second kappa shape index (κ2) is 8.10. The van der Waals surface area contributed by atoms with Crippen LogP contribution in [0.3, 0.4) is 0 Å². The molecule has 5 rings (SSSR count). The Labute approximate surface area is 185 Å². The minimum atomic E-state index is -2.44. The Morgan fingerprint density at radius 2 is 2.03 bits per heavy atom. The number of likely N-dealkylation sites (tertiary alicyclic amines) is 1. The topological polar surface area (TPSA) is 70.0 Å². The summed E-state index contributed by atoms with van der Waals surface area (Å²) in [4.78, 5) is 27.7. The van der Waals surface area contributed by atoms with Crippen LogP contribution in [0.5, 0.6) is 0 Å². The van der Waals surface area contributed by atoms with Crippen LogP contribution in [0, 0.1) is 11.8 Å². The van der Waals surface area contributed by atoms with Crippen molar-refractivity contribution in [1.82, 2.24) is 19.8 Å². The Morgan fingerprint density at radius 1 is 1.22 bits per heavy atom. The number of nitrogens with zero attached hydrogens (tertiary/aromatic N) is 4. The van der Waals surface area contributed by atoms with E-state index in [2.05, 4.69) is 34.4 Å². The molecule has 3 amide bonds. The molecular formula is C23H29F2N5O2. The number of rotatable bonds is 5. The van der Waals surface area contributed by atoms with Gasteiger partial charge in [-0.15, -0.1) is 0 Å². The number of pyridine rings is 1. The lowest BCUT2D eigenvalue weighted by molar-refractivity contribution is -0.120. The third kappa shape index (κ3) is 4.22. The van der Waals surface area contributed by atoms with E-state index in [0.717, 1.165) is 37.9 Å². The monoisotopic (exact) mass is 445 g/mol. The molecule has 2 aliphatic heterocycles. The molecule has 0 aromatic carbocycles. The van der Waals surface area contributed by atoms with Crippen molar-refractivity contribution in [3.8, 4) is 0 Å². The average Bonchev–Trinajstić information content (AvgIpc) is 3.12. The number of hydrogen-bond acceptors (Lipinski definition) is 4. The highest BCUT2D eigenvalue weighted by atomic mass is 19.3. The number of urea groups is 1. The summed E-state index contributed by atoms with van der Waals surface area (Å²) in [5.74, 6) is -2.03. The minimum absolute atomic E-state index is 0.0382. The summed E-state index contributed by atoms with van der Waals surface area (Å²) in [5.41, 5.74) is 2.75.